The lowest BCUT2D eigenvalue weighted by Gasteiger charge is -2.33. The molecular weight excluding hydrogens is 482 g/mol. The maximum absolute atomic E-state index is 13.6. The van der Waals surface area contributed by atoms with Crippen LogP contribution in [0.3, 0.4) is 0 Å². The summed E-state index contributed by atoms with van der Waals surface area (Å²) in [4.78, 5) is 41.3. The van der Waals surface area contributed by atoms with E-state index in [1.54, 1.807) is 26.8 Å². The first-order valence-corrected chi connectivity index (χ1v) is 14.1. The number of carbonyl (C=O) groups excluding carboxylic acids is 3. The van der Waals surface area contributed by atoms with Crippen LogP contribution in [0, 0.1) is 17.3 Å². The van der Waals surface area contributed by atoms with Gasteiger partial charge in [0.05, 0.1) is 5.25 Å². The van der Waals surface area contributed by atoms with Crippen molar-refractivity contribution < 1.29 is 27.5 Å². The Morgan fingerprint density at radius 3 is 2.42 bits per heavy atom. The average Bonchev–Trinajstić information content (AvgIpc) is 3.69. The molecule has 9 nitrogen and oxygen atoms in total. The number of hydrogen-bond acceptors (Lipinski definition) is 6. The smallest absolute Gasteiger partial charge is 0.410 e. The van der Waals surface area contributed by atoms with Crippen LogP contribution >= 0.6 is 0 Å². The molecule has 2 saturated carbocycles. The fraction of sp³-hybridized carbons (Fsp3) is 0.654. The van der Waals surface area contributed by atoms with Crippen molar-refractivity contribution in [3.8, 4) is 0 Å². The molecule has 3 aliphatic carbocycles. The van der Waals surface area contributed by atoms with E-state index >= 15 is 0 Å². The minimum absolute atomic E-state index is 0.00334. The lowest BCUT2D eigenvalue weighted by atomic mass is 9.72. The second-order valence-corrected chi connectivity index (χ2v) is 13.7. The lowest BCUT2D eigenvalue weighted by molar-refractivity contribution is -0.131. The highest BCUT2D eigenvalue weighted by atomic mass is 32.2. The first-order chi connectivity index (χ1) is 16.7. The van der Waals surface area contributed by atoms with Crippen LogP contribution in [0.25, 0.3) is 0 Å². The molecule has 1 heterocycles. The number of sulfonamides is 1. The fourth-order valence-electron chi connectivity index (χ4n) is 5.15. The van der Waals surface area contributed by atoms with Crippen molar-refractivity contribution in [2.75, 3.05) is 6.54 Å². The molecule has 1 saturated heterocycles. The van der Waals surface area contributed by atoms with Crippen LogP contribution in [-0.4, -0.2) is 60.2 Å². The Morgan fingerprint density at radius 1 is 1.19 bits per heavy atom. The summed E-state index contributed by atoms with van der Waals surface area (Å²) in [7, 11) is -3.78. The number of hydrogen-bond donors (Lipinski definition) is 2. The SMILES string of the molecule is C=C[C@@H]1C[C@]1(NC(=O)[C@@H]1C[C@@H]([C@@]2(C)C=CC=CC2)CN1C(=O)OC(C)(C)C)C(=O)NS(=O)(=O)C1CC1. The number of nitrogens with one attached hydrogen (secondary N) is 2. The predicted octanol–water partition coefficient (Wildman–Crippen LogP) is 2.80. The zero-order chi connectivity index (χ0) is 26.5. The molecule has 2 N–H and O–H groups in total. The van der Waals surface area contributed by atoms with E-state index in [1.807, 2.05) is 12.2 Å². The molecule has 0 bridgehead atoms. The van der Waals surface area contributed by atoms with Gasteiger partial charge in [0, 0.05) is 12.5 Å². The molecule has 0 aromatic heterocycles. The molecule has 0 spiro atoms. The number of amides is 3. The highest BCUT2D eigenvalue weighted by molar-refractivity contribution is 7.91. The number of rotatable bonds is 7. The highest BCUT2D eigenvalue weighted by Crippen LogP contribution is 2.47. The minimum Gasteiger partial charge on any atom is -0.444 e. The third-order valence-corrected chi connectivity index (χ3v) is 9.51. The lowest BCUT2D eigenvalue weighted by Crippen LogP contribution is -2.56. The molecule has 36 heavy (non-hydrogen) atoms. The Bertz CT molecular complexity index is 1120. The van der Waals surface area contributed by atoms with Gasteiger partial charge in [-0.1, -0.05) is 37.3 Å². The van der Waals surface area contributed by atoms with Gasteiger partial charge in [0.2, 0.25) is 15.9 Å². The van der Waals surface area contributed by atoms with Crippen molar-refractivity contribution in [3.05, 3.63) is 37.0 Å². The standard InChI is InChI=1S/C26H37N3O6S/c1-6-17-15-26(17,22(31)28-36(33,34)19-10-11-19)27-21(30)20-14-18(25(5)12-8-7-9-13-25)16-29(20)23(32)35-24(2,3)4/h6-9,12,17-20H,1,10-11,13-16H2,2-5H3,(H,27,30)(H,28,31)/t17-,18-,20+,25+,26-/m1/s1. The van der Waals surface area contributed by atoms with Crippen LogP contribution in [0.4, 0.5) is 4.79 Å². The van der Waals surface area contributed by atoms with Crippen molar-refractivity contribution in [3.63, 3.8) is 0 Å². The van der Waals surface area contributed by atoms with Crippen molar-refractivity contribution >= 4 is 27.9 Å². The van der Waals surface area contributed by atoms with Gasteiger partial charge in [-0.05, 0) is 64.2 Å². The summed E-state index contributed by atoms with van der Waals surface area (Å²) >= 11 is 0. The van der Waals surface area contributed by atoms with E-state index < -0.39 is 56.3 Å². The summed E-state index contributed by atoms with van der Waals surface area (Å²) < 4.78 is 32.5. The molecule has 3 amide bonds. The molecule has 4 rings (SSSR count). The van der Waals surface area contributed by atoms with Crippen molar-refractivity contribution in [2.24, 2.45) is 17.3 Å². The third-order valence-electron chi connectivity index (χ3n) is 7.70. The topological polar surface area (TPSA) is 122 Å². The van der Waals surface area contributed by atoms with Crippen molar-refractivity contribution in [2.45, 2.75) is 82.2 Å². The number of nitrogens with zero attached hydrogens (tertiary/aromatic N) is 1. The van der Waals surface area contributed by atoms with E-state index in [1.165, 1.54) is 4.90 Å². The van der Waals surface area contributed by atoms with Crippen molar-refractivity contribution in [1.82, 2.24) is 14.9 Å². The first-order valence-electron chi connectivity index (χ1n) is 12.6. The van der Waals surface area contributed by atoms with E-state index in [9.17, 15) is 22.8 Å². The van der Waals surface area contributed by atoms with Gasteiger partial charge in [-0.3, -0.25) is 19.2 Å². The third kappa shape index (κ3) is 5.23. The second kappa shape index (κ2) is 9.04. The van der Waals surface area contributed by atoms with E-state index in [2.05, 4.69) is 35.7 Å². The van der Waals surface area contributed by atoms with Crippen LogP contribution in [0.5, 0.6) is 0 Å². The first kappa shape index (κ1) is 26.4. The molecule has 10 heteroatoms. The maximum Gasteiger partial charge on any atom is 0.410 e. The Hall–Kier alpha value is -2.62. The molecule has 0 aromatic carbocycles. The molecule has 3 fully saturated rings. The van der Waals surface area contributed by atoms with Crippen LogP contribution in [0.2, 0.25) is 0 Å². The van der Waals surface area contributed by atoms with Gasteiger partial charge in [-0.2, -0.15) is 0 Å². The minimum atomic E-state index is -3.78. The van der Waals surface area contributed by atoms with Crippen molar-refractivity contribution in [1.29, 1.82) is 0 Å². The Kier molecular flexibility index (Phi) is 6.64. The van der Waals surface area contributed by atoms with E-state index in [0.717, 1.165) is 6.42 Å². The largest absolute Gasteiger partial charge is 0.444 e. The Balaban J connectivity index is 1.55. The van der Waals surface area contributed by atoms with Crippen LogP contribution < -0.4 is 10.0 Å². The normalized spacial score (nSPS) is 33.7. The van der Waals surface area contributed by atoms with E-state index in [0.29, 0.717) is 25.8 Å². The van der Waals surface area contributed by atoms with Gasteiger partial charge in [0.1, 0.15) is 17.2 Å². The maximum atomic E-state index is 13.6. The summed E-state index contributed by atoms with van der Waals surface area (Å²) in [5.74, 6) is -1.65. The van der Waals surface area contributed by atoms with Gasteiger partial charge in [0.25, 0.3) is 5.91 Å². The zero-order valence-corrected chi connectivity index (χ0v) is 22.3. The number of carbonyl (C=O) groups is 3. The summed E-state index contributed by atoms with van der Waals surface area (Å²) in [6, 6.07) is -0.850. The quantitative estimate of drug-likeness (QED) is 0.499. The number of allylic oxidation sites excluding steroid dienone is 4. The second-order valence-electron chi connectivity index (χ2n) is 11.8. The Labute approximate surface area is 213 Å². The van der Waals surface area contributed by atoms with Gasteiger partial charge in [0.15, 0.2) is 0 Å². The summed E-state index contributed by atoms with van der Waals surface area (Å²) in [6.45, 7) is 11.5. The Morgan fingerprint density at radius 2 is 1.89 bits per heavy atom. The predicted molar refractivity (Wildman–Crippen MR) is 135 cm³/mol. The molecule has 198 valence electrons. The molecule has 4 aliphatic rings. The summed E-state index contributed by atoms with van der Waals surface area (Å²) in [5, 5.41) is 2.24. The van der Waals surface area contributed by atoms with Crippen LogP contribution in [0.15, 0.2) is 37.0 Å². The fourth-order valence-corrected chi connectivity index (χ4v) is 6.51. The van der Waals surface area contributed by atoms with Gasteiger partial charge >= 0.3 is 6.09 Å². The molecule has 0 aromatic rings. The van der Waals surface area contributed by atoms with Crippen LogP contribution in [0.1, 0.15) is 59.8 Å². The molecule has 5 atom stereocenters. The monoisotopic (exact) mass is 519 g/mol. The number of ether oxygens (including phenoxy) is 1. The van der Waals surface area contributed by atoms with Gasteiger partial charge in [-0.25, -0.2) is 13.2 Å². The molecule has 1 aliphatic heterocycles. The number of likely N-dealkylation sites (tertiary alicyclic amines) is 1. The molecule has 0 radical (unpaired) electrons. The molecular formula is C26H37N3O6S. The summed E-state index contributed by atoms with van der Waals surface area (Å²) in [6.07, 6.45) is 11.6. The van der Waals surface area contributed by atoms with Crippen LogP contribution in [-0.2, 0) is 24.3 Å². The van der Waals surface area contributed by atoms with E-state index in [-0.39, 0.29) is 17.8 Å². The van der Waals surface area contributed by atoms with Gasteiger partial charge in [-0.15, -0.1) is 6.58 Å². The zero-order valence-electron chi connectivity index (χ0n) is 21.5. The van der Waals surface area contributed by atoms with E-state index in [4.69, 9.17) is 4.74 Å². The van der Waals surface area contributed by atoms with Gasteiger partial charge < -0.3 is 10.1 Å². The highest BCUT2D eigenvalue weighted by Gasteiger charge is 2.62. The summed E-state index contributed by atoms with van der Waals surface area (Å²) in [5.41, 5.74) is -2.37. The molecule has 0 unspecified atom stereocenters. The average molecular weight is 520 g/mol.